The molecule has 0 bridgehead atoms. The summed E-state index contributed by atoms with van der Waals surface area (Å²) in [6, 6.07) is 22.8. The van der Waals surface area contributed by atoms with Gasteiger partial charge in [0.05, 0.1) is 11.7 Å². The number of hydrogen-bond donors (Lipinski definition) is 2. The van der Waals surface area contributed by atoms with E-state index in [1.165, 1.54) is 0 Å². The smallest absolute Gasteiger partial charge is 0.176 e. The quantitative estimate of drug-likeness (QED) is 0.568. The molecule has 172 valence electrons. The highest BCUT2D eigenvalue weighted by Crippen LogP contribution is 2.68. The van der Waals surface area contributed by atoms with Gasteiger partial charge in [0.15, 0.2) is 11.2 Å². The van der Waals surface area contributed by atoms with Gasteiger partial charge in [-0.2, -0.15) is 0 Å². The molecular formula is C27H28ClNO4. The summed E-state index contributed by atoms with van der Waals surface area (Å²) in [7, 11) is 3.96. The van der Waals surface area contributed by atoms with Gasteiger partial charge in [0.25, 0.3) is 0 Å². The minimum atomic E-state index is -1.70. The van der Waals surface area contributed by atoms with Crippen molar-refractivity contribution in [3.63, 3.8) is 0 Å². The first-order valence-electron chi connectivity index (χ1n) is 11.2. The highest BCUT2D eigenvalue weighted by molar-refractivity contribution is 6.30. The van der Waals surface area contributed by atoms with Crippen LogP contribution in [0.2, 0.25) is 5.02 Å². The van der Waals surface area contributed by atoms with Crippen LogP contribution in [0.1, 0.15) is 29.0 Å². The summed E-state index contributed by atoms with van der Waals surface area (Å²) in [5.74, 6) is 0.761. The Morgan fingerprint density at radius 3 is 2.45 bits per heavy atom. The second-order valence-corrected chi connectivity index (χ2v) is 9.54. The average molecular weight is 466 g/mol. The van der Waals surface area contributed by atoms with Crippen LogP contribution < -0.4 is 9.47 Å². The minimum Gasteiger partial charge on any atom is -0.492 e. The van der Waals surface area contributed by atoms with Crippen molar-refractivity contribution < 1.29 is 19.7 Å². The zero-order chi connectivity index (χ0) is 23.2. The maximum Gasteiger partial charge on any atom is 0.176 e. The van der Waals surface area contributed by atoms with Crippen LogP contribution in [0.3, 0.4) is 0 Å². The highest BCUT2D eigenvalue weighted by Gasteiger charge is 2.73. The summed E-state index contributed by atoms with van der Waals surface area (Å²) in [4.78, 5) is 2.03. The lowest BCUT2D eigenvalue weighted by Gasteiger charge is -2.40. The van der Waals surface area contributed by atoms with Crippen LogP contribution in [0.5, 0.6) is 11.5 Å². The summed E-state index contributed by atoms with van der Waals surface area (Å²) in [6.07, 6.45) is -0.715. The predicted molar refractivity (Wildman–Crippen MR) is 128 cm³/mol. The van der Waals surface area contributed by atoms with E-state index in [-0.39, 0.29) is 5.92 Å². The van der Waals surface area contributed by atoms with Crippen molar-refractivity contribution in [3.8, 4) is 11.5 Å². The average Bonchev–Trinajstić information content (AvgIpc) is 3.21. The molecule has 3 aromatic carbocycles. The van der Waals surface area contributed by atoms with Gasteiger partial charge in [0.1, 0.15) is 18.1 Å². The van der Waals surface area contributed by atoms with Crippen LogP contribution >= 0.6 is 11.6 Å². The summed E-state index contributed by atoms with van der Waals surface area (Å²) in [5, 5.41) is 24.5. The first kappa shape index (κ1) is 22.2. The van der Waals surface area contributed by atoms with E-state index in [9.17, 15) is 10.2 Å². The van der Waals surface area contributed by atoms with E-state index in [1.807, 2.05) is 79.7 Å². The second-order valence-electron chi connectivity index (χ2n) is 9.11. The van der Waals surface area contributed by atoms with E-state index in [0.717, 1.165) is 17.7 Å². The number of benzene rings is 3. The van der Waals surface area contributed by atoms with Crippen molar-refractivity contribution in [1.29, 1.82) is 0 Å². The van der Waals surface area contributed by atoms with Crippen molar-refractivity contribution in [2.24, 2.45) is 0 Å². The number of nitrogens with zero attached hydrogens (tertiary/aromatic N) is 1. The van der Waals surface area contributed by atoms with Gasteiger partial charge < -0.3 is 24.6 Å². The monoisotopic (exact) mass is 465 g/mol. The Hall–Kier alpha value is -2.57. The summed E-state index contributed by atoms with van der Waals surface area (Å²) in [5.41, 5.74) is -0.683. The minimum absolute atomic E-state index is 0.290. The molecule has 1 aliphatic carbocycles. The van der Waals surface area contributed by atoms with Crippen molar-refractivity contribution in [1.82, 2.24) is 4.90 Å². The topological polar surface area (TPSA) is 62.2 Å². The maximum atomic E-state index is 12.4. The molecule has 4 atom stereocenters. The molecule has 5 nitrogen and oxygen atoms in total. The van der Waals surface area contributed by atoms with Gasteiger partial charge >= 0.3 is 0 Å². The SMILES string of the molecule is CN(C)CCOc1cccc2c1[C@]1(O)[C@H](O)C[C@@H](c3ccccc3)[C@]1(c1ccc(Cl)cc1)O2. The van der Waals surface area contributed by atoms with E-state index < -0.39 is 17.3 Å². The Balaban J connectivity index is 1.70. The van der Waals surface area contributed by atoms with E-state index in [2.05, 4.69) is 0 Å². The number of aliphatic hydroxyl groups excluding tert-OH is 1. The van der Waals surface area contributed by atoms with E-state index >= 15 is 0 Å². The van der Waals surface area contributed by atoms with Gasteiger partial charge in [0.2, 0.25) is 0 Å². The molecular weight excluding hydrogens is 438 g/mol. The zero-order valence-corrected chi connectivity index (χ0v) is 19.5. The predicted octanol–water partition coefficient (Wildman–Crippen LogP) is 4.30. The Morgan fingerprint density at radius 1 is 1.03 bits per heavy atom. The third-order valence-electron chi connectivity index (χ3n) is 6.91. The van der Waals surface area contributed by atoms with E-state index in [1.54, 1.807) is 12.1 Å². The highest BCUT2D eigenvalue weighted by atomic mass is 35.5. The number of hydrogen-bond acceptors (Lipinski definition) is 5. The number of halogens is 1. The van der Waals surface area contributed by atoms with E-state index in [4.69, 9.17) is 21.1 Å². The fourth-order valence-electron chi connectivity index (χ4n) is 5.41. The van der Waals surface area contributed by atoms with Crippen LogP contribution in [-0.2, 0) is 11.2 Å². The first-order valence-corrected chi connectivity index (χ1v) is 11.6. The van der Waals surface area contributed by atoms with Gasteiger partial charge in [-0.1, -0.05) is 60.1 Å². The van der Waals surface area contributed by atoms with Crippen LogP contribution in [0.15, 0.2) is 72.8 Å². The van der Waals surface area contributed by atoms with Crippen LogP contribution in [0.25, 0.3) is 0 Å². The Kier molecular flexibility index (Phi) is 5.61. The lowest BCUT2D eigenvalue weighted by molar-refractivity contribution is -0.150. The molecule has 3 aromatic rings. The van der Waals surface area contributed by atoms with Gasteiger partial charge in [0, 0.05) is 17.5 Å². The number of aliphatic hydroxyl groups is 2. The second kappa shape index (κ2) is 8.33. The first-order chi connectivity index (χ1) is 15.9. The molecule has 2 aliphatic rings. The van der Waals surface area contributed by atoms with Crippen molar-refractivity contribution in [3.05, 3.63) is 94.5 Å². The maximum absolute atomic E-state index is 12.4. The number of fused-ring (bicyclic) bond motifs is 3. The molecule has 0 aromatic heterocycles. The Labute approximate surface area is 199 Å². The number of likely N-dealkylation sites (N-methyl/N-ethyl adjacent to an activating group) is 1. The number of ether oxygens (including phenoxy) is 2. The Bertz CT molecular complexity index is 1140. The third kappa shape index (κ3) is 3.34. The molecule has 1 saturated carbocycles. The molecule has 0 radical (unpaired) electrons. The fourth-order valence-corrected chi connectivity index (χ4v) is 5.54. The molecule has 2 N–H and O–H groups in total. The molecule has 0 saturated heterocycles. The molecule has 1 fully saturated rings. The van der Waals surface area contributed by atoms with Crippen LogP contribution in [0.4, 0.5) is 0 Å². The molecule has 0 spiro atoms. The van der Waals surface area contributed by atoms with Gasteiger partial charge in [-0.25, -0.2) is 0 Å². The lowest BCUT2D eigenvalue weighted by atomic mass is 9.71. The number of rotatable bonds is 6. The molecule has 1 heterocycles. The zero-order valence-electron chi connectivity index (χ0n) is 18.7. The third-order valence-corrected chi connectivity index (χ3v) is 7.16. The fraction of sp³-hybridized carbons (Fsp3) is 0.333. The lowest BCUT2D eigenvalue weighted by Crippen LogP contribution is -2.52. The standard InChI is InChI=1S/C27H28ClNO4/c1-29(2)15-16-32-22-9-6-10-23-25(22)26(31)24(30)17-21(18-7-4-3-5-8-18)27(26,33-23)19-11-13-20(28)14-12-19/h3-14,21,24,30-31H,15-17H2,1-2H3/t21-,24+,26+,27-/m0/s1. The summed E-state index contributed by atoms with van der Waals surface area (Å²) in [6.45, 7) is 1.17. The molecule has 33 heavy (non-hydrogen) atoms. The van der Waals surface area contributed by atoms with Crippen molar-refractivity contribution in [2.75, 3.05) is 27.2 Å². The summed E-state index contributed by atoms with van der Waals surface area (Å²) < 4.78 is 12.8. The normalized spacial score (nSPS) is 27.8. The molecule has 1 aliphatic heterocycles. The van der Waals surface area contributed by atoms with Crippen LogP contribution in [-0.4, -0.2) is 48.5 Å². The molecule has 6 heteroatoms. The van der Waals surface area contributed by atoms with Crippen LogP contribution in [0, 0.1) is 0 Å². The summed E-state index contributed by atoms with van der Waals surface area (Å²) >= 11 is 6.20. The van der Waals surface area contributed by atoms with Gasteiger partial charge in [-0.3, -0.25) is 0 Å². The molecule has 5 rings (SSSR count). The van der Waals surface area contributed by atoms with Gasteiger partial charge in [-0.15, -0.1) is 0 Å². The van der Waals surface area contributed by atoms with E-state index in [0.29, 0.717) is 35.1 Å². The Morgan fingerprint density at radius 2 is 1.76 bits per heavy atom. The van der Waals surface area contributed by atoms with Crippen molar-refractivity contribution in [2.45, 2.75) is 29.6 Å². The molecule has 0 unspecified atom stereocenters. The van der Waals surface area contributed by atoms with Gasteiger partial charge in [-0.05, 0) is 55.9 Å². The largest absolute Gasteiger partial charge is 0.492 e. The molecule has 0 amide bonds. The van der Waals surface area contributed by atoms with Crippen molar-refractivity contribution >= 4 is 11.6 Å².